The Labute approximate surface area is 247 Å². The van der Waals surface area contributed by atoms with E-state index in [9.17, 15) is 27.6 Å². The average Bonchev–Trinajstić information content (AvgIpc) is 2.99. The summed E-state index contributed by atoms with van der Waals surface area (Å²) in [6, 6.07) is 23.4. The molecule has 1 aliphatic heterocycles. The van der Waals surface area contributed by atoms with E-state index in [1.54, 1.807) is 54.6 Å². The van der Waals surface area contributed by atoms with E-state index in [0.29, 0.717) is 0 Å². The number of rotatable bonds is 10. The number of ether oxygens (including phenoxy) is 5. The van der Waals surface area contributed by atoms with Gasteiger partial charge in [-0.15, -0.1) is 0 Å². The Kier molecular flexibility index (Phi) is 10.2. The summed E-state index contributed by atoms with van der Waals surface area (Å²) >= 11 is 0. The van der Waals surface area contributed by atoms with Gasteiger partial charge in [0, 0.05) is 6.92 Å². The summed E-state index contributed by atoms with van der Waals surface area (Å²) in [6.45, 7) is 0.443. The maximum absolute atomic E-state index is 13.2. The zero-order valence-corrected chi connectivity index (χ0v) is 23.9. The van der Waals surface area contributed by atoms with Crippen LogP contribution in [0.4, 0.5) is 0 Å². The van der Waals surface area contributed by atoms with Crippen LogP contribution in [0.2, 0.25) is 0 Å². The molecular formula is C30H28O12S. The first-order valence-electron chi connectivity index (χ1n) is 13.0. The molecule has 0 bridgehead atoms. The van der Waals surface area contributed by atoms with Crippen LogP contribution in [0.1, 0.15) is 38.0 Å². The molecule has 226 valence electrons. The molecule has 0 spiro atoms. The van der Waals surface area contributed by atoms with Crippen LogP contribution >= 0.6 is 0 Å². The number of hydrogen-bond donors (Lipinski definition) is 0. The van der Waals surface area contributed by atoms with Gasteiger partial charge in [-0.25, -0.2) is 14.4 Å². The van der Waals surface area contributed by atoms with Crippen LogP contribution in [0.3, 0.4) is 0 Å². The smallest absolute Gasteiger partial charge is 0.338 e. The first-order valence-corrected chi connectivity index (χ1v) is 14.8. The summed E-state index contributed by atoms with van der Waals surface area (Å²) in [5.74, 6) is -3.49. The Hall–Kier alpha value is -4.59. The lowest BCUT2D eigenvalue weighted by Crippen LogP contribution is -2.63. The van der Waals surface area contributed by atoms with Gasteiger partial charge in [0.05, 0.1) is 22.9 Å². The summed E-state index contributed by atoms with van der Waals surface area (Å²) in [6.07, 6.45) is -7.61. The average molecular weight is 613 g/mol. The van der Waals surface area contributed by atoms with Crippen molar-refractivity contribution in [3.05, 3.63) is 108 Å². The van der Waals surface area contributed by atoms with Crippen molar-refractivity contribution in [1.29, 1.82) is 0 Å². The van der Waals surface area contributed by atoms with Gasteiger partial charge in [0.25, 0.3) is 10.1 Å². The minimum atomic E-state index is -4.29. The number of benzene rings is 3. The molecule has 5 atom stereocenters. The molecule has 3 aromatic carbocycles. The molecule has 3 aromatic rings. The van der Waals surface area contributed by atoms with Gasteiger partial charge >= 0.3 is 23.9 Å². The van der Waals surface area contributed by atoms with Gasteiger partial charge in [-0.1, -0.05) is 54.6 Å². The van der Waals surface area contributed by atoms with Crippen LogP contribution < -0.4 is 0 Å². The number of carbonyl (C=O) groups excluding carboxylic acids is 4. The normalized spacial score (nSPS) is 21.7. The van der Waals surface area contributed by atoms with Crippen molar-refractivity contribution in [1.82, 2.24) is 0 Å². The van der Waals surface area contributed by atoms with Gasteiger partial charge in [-0.3, -0.25) is 8.98 Å². The highest BCUT2D eigenvalue weighted by Crippen LogP contribution is 2.32. The Morgan fingerprint density at radius 2 is 1.09 bits per heavy atom. The van der Waals surface area contributed by atoms with Crippen molar-refractivity contribution in [3.8, 4) is 0 Å². The zero-order valence-electron chi connectivity index (χ0n) is 23.1. The van der Waals surface area contributed by atoms with Gasteiger partial charge in [-0.2, -0.15) is 8.42 Å². The highest BCUT2D eigenvalue weighted by molar-refractivity contribution is 7.86. The molecule has 1 aliphatic rings. The molecule has 1 fully saturated rings. The minimum absolute atomic E-state index is 0.0799. The second-order valence-electron chi connectivity index (χ2n) is 9.35. The van der Waals surface area contributed by atoms with E-state index in [0.717, 1.165) is 13.2 Å². The van der Waals surface area contributed by atoms with Crippen molar-refractivity contribution in [2.45, 2.75) is 37.6 Å². The molecule has 12 nitrogen and oxygen atoms in total. The van der Waals surface area contributed by atoms with Gasteiger partial charge < -0.3 is 23.7 Å². The van der Waals surface area contributed by atoms with E-state index in [4.69, 9.17) is 27.9 Å². The molecule has 43 heavy (non-hydrogen) atoms. The molecule has 1 heterocycles. The Morgan fingerprint density at radius 1 is 0.651 bits per heavy atom. The van der Waals surface area contributed by atoms with Crippen LogP contribution in [0.25, 0.3) is 0 Å². The van der Waals surface area contributed by atoms with Crippen molar-refractivity contribution in [3.63, 3.8) is 0 Å². The number of carbonyl (C=O) groups is 4. The Bertz CT molecular complexity index is 1530. The predicted octanol–water partition coefficient (Wildman–Crippen LogP) is 2.93. The molecule has 0 aromatic heterocycles. The fourth-order valence-electron chi connectivity index (χ4n) is 4.20. The molecule has 0 saturated carbocycles. The molecular weight excluding hydrogens is 584 g/mol. The molecule has 13 heteroatoms. The molecule has 0 radical (unpaired) electrons. The van der Waals surface area contributed by atoms with Gasteiger partial charge in [-0.05, 0) is 36.4 Å². The predicted molar refractivity (Wildman–Crippen MR) is 148 cm³/mol. The van der Waals surface area contributed by atoms with Crippen LogP contribution in [-0.4, -0.2) is 75.9 Å². The summed E-state index contributed by atoms with van der Waals surface area (Å²) < 4.78 is 57.9. The lowest BCUT2D eigenvalue weighted by molar-refractivity contribution is -0.285. The lowest BCUT2D eigenvalue weighted by Gasteiger charge is -2.43. The van der Waals surface area contributed by atoms with E-state index in [2.05, 4.69) is 0 Å². The topological polar surface area (TPSA) is 158 Å². The van der Waals surface area contributed by atoms with Crippen molar-refractivity contribution < 1.29 is 55.5 Å². The fourth-order valence-corrected chi connectivity index (χ4v) is 4.83. The molecule has 4 rings (SSSR count). The second-order valence-corrected chi connectivity index (χ2v) is 11.0. The van der Waals surface area contributed by atoms with E-state index in [1.165, 1.54) is 36.4 Å². The van der Waals surface area contributed by atoms with Crippen LogP contribution in [0.15, 0.2) is 91.0 Å². The van der Waals surface area contributed by atoms with E-state index in [-0.39, 0.29) is 16.7 Å². The summed E-state index contributed by atoms with van der Waals surface area (Å²) in [5.41, 5.74) is 0.366. The summed E-state index contributed by atoms with van der Waals surface area (Å²) in [7, 11) is -4.29. The summed E-state index contributed by atoms with van der Waals surface area (Å²) in [5, 5.41) is 0. The molecule has 0 unspecified atom stereocenters. The van der Waals surface area contributed by atoms with E-state index < -0.39 is 71.3 Å². The lowest BCUT2D eigenvalue weighted by atomic mass is 9.98. The second kappa shape index (κ2) is 14.1. The van der Waals surface area contributed by atoms with Gasteiger partial charge in [0.15, 0.2) is 6.10 Å². The highest BCUT2D eigenvalue weighted by Gasteiger charge is 2.54. The van der Waals surface area contributed by atoms with E-state index in [1.807, 2.05) is 0 Å². The molecule has 0 amide bonds. The van der Waals surface area contributed by atoms with Gasteiger partial charge in [0.1, 0.15) is 18.8 Å². The maximum atomic E-state index is 13.2. The third kappa shape index (κ3) is 8.70. The third-order valence-corrected chi connectivity index (χ3v) is 6.62. The maximum Gasteiger partial charge on any atom is 0.338 e. The molecule has 0 aliphatic carbocycles. The van der Waals surface area contributed by atoms with Gasteiger partial charge in [0.2, 0.25) is 12.4 Å². The summed E-state index contributed by atoms with van der Waals surface area (Å²) in [4.78, 5) is 51.1. The first kappa shape index (κ1) is 31.3. The fraction of sp³-hybridized carbons (Fsp3) is 0.267. The van der Waals surface area contributed by atoms with Crippen molar-refractivity contribution in [2.24, 2.45) is 0 Å². The molecule has 0 N–H and O–H groups in total. The molecule has 1 saturated heterocycles. The quantitative estimate of drug-likeness (QED) is 0.188. The van der Waals surface area contributed by atoms with Crippen LogP contribution in [0.5, 0.6) is 0 Å². The van der Waals surface area contributed by atoms with Crippen LogP contribution in [-0.2, 0) is 42.8 Å². The Balaban J connectivity index is 1.73. The third-order valence-electron chi connectivity index (χ3n) is 6.05. The minimum Gasteiger partial charge on any atom is -0.459 e. The van der Waals surface area contributed by atoms with E-state index >= 15 is 0 Å². The monoisotopic (exact) mass is 612 g/mol. The largest absolute Gasteiger partial charge is 0.459 e. The first-order chi connectivity index (χ1) is 20.5. The van der Waals surface area contributed by atoms with Crippen LogP contribution in [0, 0.1) is 0 Å². The Morgan fingerprint density at radius 3 is 1.53 bits per heavy atom. The number of esters is 4. The van der Waals surface area contributed by atoms with Crippen molar-refractivity contribution in [2.75, 3.05) is 12.9 Å². The highest BCUT2D eigenvalue weighted by atomic mass is 32.2. The zero-order chi connectivity index (χ0) is 31.0. The van der Waals surface area contributed by atoms with Crippen molar-refractivity contribution >= 4 is 34.0 Å². The SMILES string of the molecule is CC(=O)O[C@@H]1O[C@H](COC(=O)c2ccccc2)[C@H](OS(C)(=O)=O)[C@H](OC(=O)c2ccccc2)[C@H]1OC(=O)c1ccccc1. The standard InChI is InChI=1S/C30H28O12S/c1-19(31)38-30-26(41-29(34)22-16-10-5-11-17-22)25(40-28(33)21-14-8-4-9-15-21)24(42-43(2,35)36)23(39-30)18-37-27(32)20-12-6-3-7-13-20/h3-17,23-26,30H,18H2,1-2H3/t23-,24+,25+,26-,30-/m1/s1. The number of hydrogen-bond acceptors (Lipinski definition) is 12.